The van der Waals surface area contributed by atoms with Gasteiger partial charge in [-0.1, -0.05) is 42.0 Å². The van der Waals surface area contributed by atoms with E-state index >= 15 is 0 Å². The molecule has 0 aliphatic carbocycles. The zero-order valence-electron chi connectivity index (χ0n) is 17.1. The molecule has 0 aliphatic rings. The number of nitrogens with one attached hydrogen (secondary N) is 3. The van der Waals surface area contributed by atoms with Gasteiger partial charge in [0.15, 0.2) is 11.7 Å². The number of carbonyl (C=O) groups is 1. The molecule has 30 heavy (non-hydrogen) atoms. The number of anilines is 1. The summed E-state index contributed by atoms with van der Waals surface area (Å²) in [7, 11) is 0. The highest BCUT2D eigenvalue weighted by Gasteiger charge is 2.08. The number of halogens is 1. The molecule has 3 N–H and O–H groups in total. The Kier molecular flexibility index (Phi) is 9.40. The van der Waals surface area contributed by atoms with Gasteiger partial charge in [-0.05, 0) is 49.2 Å². The third-order valence-corrected chi connectivity index (χ3v) is 4.27. The molecule has 0 aliphatic heterocycles. The van der Waals surface area contributed by atoms with Crippen LogP contribution in [-0.4, -0.2) is 18.4 Å². The van der Waals surface area contributed by atoms with Crippen molar-refractivity contribution in [3.8, 4) is 0 Å². The number of carbonyl (C=O) groups excluding carboxylic acids is 1. The van der Waals surface area contributed by atoms with E-state index in [0.717, 1.165) is 18.1 Å². The predicted molar refractivity (Wildman–Crippen MR) is 131 cm³/mol. The van der Waals surface area contributed by atoms with Crippen LogP contribution in [0.1, 0.15) is 34.2 Å². The van der Waals surface area contributed by atoms with Gasteiger partial charge < -0.3 is 20.4 Å². The number of furan rings is 1. The summed E-state index contributed by atoms with van der Waals surface area (Å²) in [6.07, 6.45) is 1.48. The summed E-state index contributed by atoms with van der Waals surface area (Å²) in [5.74, 6) is 0.755. The van der Waals surface area contributed by atoms with E-state index in [2.05, 4.69) is 52.1 Å². The van der Waals surface area contributed by atoms with Gasteiger partial charge in [-0.3, -0.25) is 4.79 Å². The lowest BCUT2D eigenvalue weighted by molar-refractivity contribution is 0.0996. The Labute approximate surface area is 194 Å². The first-order valence-corrected chi connectivity index (χ1v) is 9.65. The van der Waals surface area contributed by atoms with E-state index in [0.29, 0.717) is 18.8 Å². The van der Waals surface area contributed by atoms with E-state index in [1.54, 1.807) is 12.1 Å². The first-order chi connectivity index (χ1) is 14.1. The average Bonchev–Trinajstić information content (AvgIpc) is 3.27. The van der Waals surface area contributed by atoms with Crippen LogP contribution in [0.3, 0.4) is 0 Å². The van der Waals surface area contributed by atoms with Gasteiger partial charge in [0.1, 0.15) is 0 Å². The fourth-order valence-corrected chi connectivity index (χ4v) is 2.75. The van der Waals surface area contributed by atoms with Crippen molar-refractivity contribution >= 4 is 41.5 Å². The van der Waals surface area contributed by atoms with Crippen molar-refractivity contribution in [3.63, 3.8) is 0 Å². The molecule has 0 saturated carbocycles. The van der Waals surface area contributed by atoms with Crippen LogP contribution in [-0.2, 0) is 13.1 Å². The van der Waals surface area contributed by atoms with Gasteiger partial charge in [-0.15, -0.1) is 24.0 Å². The molecule has 6 nitrogen and oxygen atoms in total. The van der Waals surface area contributed by atoms with Gasteiger partial charge in [-0.2, -0.15) is 0 Å². The number of hydrogen-bond donors (Lipinski definition) is 3. The van der Waals surface area contributed by atoms with Crippen molar-refractivity contribution in [1.29, 1.82) is 0 Å². The number of aryl methyl sites for hydroxylation is 1. The number of hydrogen-bond acceptors (Lipinski definition) is 3. The first-order valence-electron chi connectivity index (χ1n) is 9.65. The number of rotatable bonds is 7. The normalized spacial score (nSPS) is 10.8. The molecule has 158 valence electrons. The minimum absolute atomic E-state index is 0. The van der Waals surface area contributed by atoms with E-state index in [-0.39, 0.29) is 35.6 Å². The highest BCUT2D eigenvalue weighted by molar-refractivity contribution is 14.0. The number of guanidine groups is 1. The molecule has 0 fully saturated rings. The largest absolute Gasteiger partial charge is 0.459 e. The number of aliphatic imine (C=N–C) groups is 1. The van der Waals surface area contributed by atoms with E-state index in [9.17, 15) is 4.79 Å². The van der Waals surface area contributed by atoms with Crippen LogP contribution in [0, 0.1) is 6.92 Å². The Bertz CT molecular complexity index is 954. The van der Waals surface area contributed by atoms with Crippen molar-refractivity contribution in [1.82, 2.24) is 10.6 Å². The smallest absolute Gasteiger partial charge is 0.291 e. The molecular weight excluding hydrogens is 491 g/mol. The minimum Gasteiger partial charge on any atom is -0.459 e. The lowest BCUT2D eigenvalue weighted by atomic mass is 10.1. The zero-order chi connectivity index (χ0) is 20.5. The molecule has 0 bridgehead atoms. The fourth-order valence-electron chi connectivity index (χ4n) is 2.75. The Hall–Kier alpha value is -2.81. The zero-order valence-corrected chi connectivity index (χ0v) is 19.5. The SMILES string of the molecule is CCNC(=NCc1cccc(NC(=O)c2ccco2)c1)NCc1ccc(C)cc1.I. The molecular formula is C23H27IN4O2. The minimum atomic E-state index is -0.274. The Balaban J connectivity index is 0.00000320. The monoisotopic (exact) mass is 518 g/mol. The second kappa shape index (κ2) is 12.0. The third-order valence-electron chi connectivity index (χ3n) is 4.27. The van der Waals surface area contributed by atoms with E-state index in [4.69, 9.17) is 4.42 Å². The molecule has 0 spiro atoms. The highest BCUT2D eigenvalue weighted by atomic mass is 127. The van der Waals surface area contributed by atoms with Gasteiger partial charge in [0.2, 0.25) is 0 Å². The third kappa shape index (κ3) is 7.22. The summed E-state index contributed by atoms with van der Waals surface area (Å²) in [6.45, 7) is 6.08. The molecule has 1 aromatic heterocycles. The number of amides is 1. The quantitative estimate of drug-likeness (QED) is 0.241. The first kappa shape index (κ1) is 23.5. The summed E-state index contributed by atoms with van der Waals surface area (Å²) < 4.78 is 5.12. The van der Waals surface area contributed by atoms with Gasteiger partial charge in [0, 0.05) is 18.8 Å². The molecule has 0 unspecified atom stereocenters. The molecule has 0 radical (unpaired) electrons. The lowest BCUT2D eigenvalue weighted by Gasteiger charge is -2.12. The molecule has 1 heterocycles. The summed E-state index contributed by atoms with van der Waals surface area (Å²) in [5.41, 5.74) is 4.14. The highest BCUT2D eigenvalue weighted by Crippen LogP contribution is 2.13. The van der Waals surface area contributed by atoms with Crippen LogP contribution < -0.4 is 16.0 Å². The standard InChI is InChI=1S/C23H26N4O2.HI/c1-3-24-23(25-15-18-11-9-17(2)10-12-18)26-16-19-6-4-7-20(14-19)27-22(28)21-8-5-13-29-21;/h4-14H,3,15-16H2,1-2H3,(H,27,28)(H2,24,25,26);1H. The number of benzene rings is 2. The molecule has 3 rings (SSSR count). The lowest BCUT2D eigenvalue weighted by Crippen LogP contribution is -2.36. The van der Waals surface area contributed by atoms with Crippen LogP contribution in [0.2, 0.25) is 0 Å². The number of nitrogens with zero attached hydrogens (tertiary/aromatic N) is 1. The van der Waals surface area contributed by atoms with Crippen molar-refractivity contribution < 1.29 is 9.21 Å². The maximum atomic E-state index is 12.1. The fraction of sp³-hybridized carbons (Fsp3) is 0.217. The second-order valence-electron chi connectivity index (χ2n) is 6.67. The maximum Gasteiger partial charge on any atom is 0.291 e. The molecule has 7 heteroatoms. The molecule has 3 aromatic rings. The molecule has 2 aromatic carbocycles. The molecule has 0 atom stereocenters. The maximum absolute atomic E-state index is 12.1. The molecule has 0 saturated heterocycles. The second-order valence-corrected chi connectivity index (χ2v) is 6.67. The van der Waals surface area contributed by atoms with Crippen molar-refractivity contribution in [2.24, 2.45) is 4.99 Å². The topological polar surface area (TPSA) is 78.7 Å². The van der Waals surface area contributed by atoms with Crippen LogP contribution in [0.5, 0.6) is 0 Å². The van der Waals surface area contributed by atoms with Gasteiger partial charge >= 0.3 is 0 Å². The summed E-state index contributed by atoms with van der Waals surface area (Å²) in [5, 5.41) is 9.44. The van der Waals surface area contributed by atoms with Gasteiger partial charge in [0.25, 0.3) is 5.91 Å². The van der Waals surface area contributed by atoms with Crippen LogP contribution in [0.15, 0.2) is 76.3 Å². The van der Waals surface area contributed by atoms with Crippen LogP contribution in [0.25, 0.3) is 0 Å². The Morgan fingerprint density at radius 2 is 1.80 bits per heavy atom. The van der Waals surface area contributed by atoms with Crippen molar-refractivity contribution in [3.05, 3.63) is 89.4 Å². The van der Waals surface area contributed by atoms with Crippen molar-refractivity contribution in [2.45, 2.75) is 26.9 Å². The Morgan fingerprint density at radius 1 is 1.00 bits per heavy atom. The molecule has 1 amide bonds. The van der Waals surface area contributed by atoms with Crippen LogP contribution >= 0.6 is 24.0 Å². The van der Waals surface area contributed by atoms with E-state index in [1.165, 1.54) is 17.4 Å². The van der Waals surface area contributed by atoms with E-state index < -0.39 is 0 Å². The Morgan fingerprint density at radius 3 is 2.50 bits per heavy atom. The summed E-state index contributed by atoms with van der Waals surface area (Å²) in [4.78, 5) is 16.8. The van der Waals surface area contributed by atoms with E-state index in [1.807, 2.05) is 31.2 Å². The van der Waals surface area contributed by atoms with Gasteiger partial charge in [-0.25, -0.2) is 4.99 Å². The predicted octanol–water partition coefficient (Wildman–Crippen LogP) is 4.71. The van der Waals surface area contributed by atoms with Crippen LogP contribution in [0.4, 0.5) is 5.69 Å². The average molecular weight is 518 g/mol. The summed E-state index contributed by atoms with van der Waals surface area (Å²) in [6, 6.07) is 19.4. The van der Waals surface area contributed by atoms with Gasteiger partial charge in [0.05, 0.1) is 12.8 Å². The summed E-state index contributed by atoms with van der Waals surface area (Å²) >= 11 is 0. The van der Waals surface area contributed by atoms with Crippen molar-refractivity contribution in [2.75, 3.05) is 11.9 Å².